The molecule has 1 aromatic carbocycles. The van der Waals surface area contributed by atoms with Gasteiger partial charge in [-0.2, -0.15) is 0 Å². The third-order valence-corrected chi connectivity index (χ3v) is 4.91. The average Bonchev–Trinajstić information content (AvgIpc) is 2.73. The lowest BCUT2D eigenvalue weighted by atomic mass is 9.98. The topological polar surface area (TPSA) is 12.9 Å². The number of thiazole rings is 1. The van der Waals surface area contributed by atoms with Crippen molar-refractivity contribution >= 4 is 43.2 Å². The second kappa shape index (κ2) is 6.12. The number of alkyl halides is 1. The van der Waals surface area contributed by atoms with Gasteiger partial charge in [0.2, 0.25) is 0 Å². The predicted octanol–water partition coefficient (Wildman–Crippen LogP) is 4.94. The van der Waals surface area contributed by atoms with Gasteiger partial charge in [0.05, 0.1) is 5.01 Å². The first-order valence-corrected chi connectivity index (χ1v) is 8.21. The molecule has 1 nitrogen and oxygen atoms in total. The van der Waals surface area contributed by atoms with Crippen molar-refractivity contribution in [2.24, 2.45) is 0 Å². The molecule has 0 aliphatic carbocycles. The smallest absolute Gasteiger partial charge is 0.0934 e. The highest BCUT2D eigenvalue weighted by Crippen LogP contribution is 2.25. The summed E-state index contributed by atoms with van der Waals surface area (Å²) in [5.74, 6) is 0.494. The lowest BCUT2D eigenvalue weighted by molar-refractivity contribution is 0.768. The number of nitrogens with zero attached hydrogens (tertiary/aromatic N) is 1. The van der Waals surface area contributed by atoms with E-state index in [-0.39, 0.29) is 0 Å². The van der Waals surface area contributed by atoms with E-state index in [1.54, 1.807) is 11.3 Å². The lowest BCUT2D eigenvalue weighted by Gasteiger charge is -2.12. The molecule has 0 saturated carbocycles. The fraction of sp³-hybridized carbons (Fsp3) is 0.308. The van der Waals surface area contributed by atoms with Gasteiger partial charge in [-0.05, 0) is 30.5 Å². The maximum absolute atomic E-state index is 4.53. The van der Waals surface area contributed by atoms with E-state index in [1.807, 2.05) is 6.92 Å². The normalized spacial score (nSPS) is 12.6. The first-order chi connectivity index (χ1) is 8.19. The quantitative estimate of drug-likeness (QED) is 0.691. The van der Waals surface area contributed by atoms with Crippen LogP contribution < -0.4 is 0 Å². The summed E-state index contributed by atoms with van der Waals surface area (Å²) >= 11 is 8.82. The molecule has 0 saturated heterocycles. The van der Waals surface area contributed by atoms with E-state index in [4.69, 9.17) is 0 Å². The third-order valence-electron chi connectivity index (χ3n) is 2.62. The van der Waals surface area contributed by atoms with E-state index >= 15 is 0 Å². The predicted molar refractivity (Wildman–Crippen MR) is 81.2 cm³/mol. The van der Waals surface area contributed by atoms with Gasteiger partial charge < -0.3 is 0 Å². The highest BCUT2D eigenvalue weighted by molar-refractivity contribution is 9.10. The van der Waals surface area contributed by atoms with Crippen LogP contribution in [0.25, 0.3) is 0 Å². The van der Waals surface area contributed by atoms with Crippen LogP contribution in [0, 0.1) is 6.92 Å². The Morgan fingerprint density at radius 3 is 2.53 bits per heavy atom. The molecule has 0 N–H and O–H groups in total. The molecule has 90 valence electrons. The summed E-state index contributed by atoms with van der Waals surface area (Å²) in [4.78, 5) is 4.53. The first-order valence-electron chi connectivity index (χ1n) is 5.41. The molecule has 2 rings (SSSR count). The van der Waals surface area contributed by atoms with Gasteiger partial charge in [0, 0.05) is 27.3 Å². The fourth-order valence-electron chi connectivity index (χ4n) is 1.70. The number of hydrogen-bond acceptors (Lipinski definition) is 2. The lowest BCUT2D eigenvalue weighted by Crippen LogP contribution is -2.04. The van der Waals surface area contributed by atoms with Gasteiger partial charge in [0.25, 0.3) is 0 Å². The number of halogens is 2. The Bertz CT molecular complexity index is 478. The number of rotatable bonds is 4. The average molecular weight is 375 g/mol. The number of benzene rings is 1. The highest BCUT2D eigenvalue weighted by atomic mass is 79.9. The van der Waals surface area contributed by atoms with Crippen molar-refractivity contribution in [1.82, 2.24) is 4.98 Å². The summed E-state index contributed by atoms with van der Waals surface area (Å²) in [5.41, 5.74) is 2.48. The standard InChI is InChI=1S/C13H13Br2NS/c1-9-8-17-13(16-9)6-11(7-14)10-2-4-12(15)5-3-10/h2-5,8,11H,6-7H2,1H3. The SMILES string of the molecule is Cc1csc(CC(CBr)c2ccc(Br)cc2)n1. The molecule has 4 heteroatoms. The summed E-state index contributed by atoms with van der Waals surface area (Å²) in [6.45, 7) is 2.04. The van der Waals surface area contributed by atoms with Crippen molar-refractivity contribution in [1.29, 1.82) is 0 Å². The van der Waals surface area contributed by atoms with E-state index in [9.17, 15) is 0 Å². The molecule has 0 spiro atoms. The molecule has 1 heterocycles. The van der Waals surface area contributed by atoms with Crippen LogP contribution in [0.15, 0.2) is 34.1 Å². The Labute approximate surface area is 123 Å². The maximum Gasteiger partial charge on any atom is 0.0934 e. The fourth-order valence-corrected chi connectivity index (χ4v) is 3.42. The number of aromatic nitrogens is 1. The van der Waals surface area contributed by atoms with Crippen molar-refractivity contribution in [2.45, 2.75) is 19.3 Å². The zero-order valence-electron chi connectivity index (χ0n) is 9.49. The maximum atomic E-state index is 4.53. The van der Waals surface area contributed by atoms with Crippen molar-refractivity contribution in [3.8, 4) is 0 Å². The van der Waals surface area contributed by atoms with Crippen LogP contribution in [-0.2, 0) is 6.42 Å². The van der Waals surface area contributed by atoms with Crippen LogP contribution in [0.2, 0.25) is 0 Å². The summed E-state index contributed by atoms with van der Waals surface area (Å²) in [7, 11) is 0. The summed E-state index contributed by atoms with van der Waals surface area (Å²) in [6.07, 6.45) is 1.01. The van der Waals surface area contributed by atoms with Crippen LogP contribution >= 0.6 is 43.2 Å². The monoisotopic (exact) mass is 373 g/mol. The minimum atomic E-state index is 0.494. The second-order valence-electron chi connectivity index (χ2n) is 3.99. The van der Waals surface area contributed by atoms with Gasteiger partial charge in [0.1, 0.15) is 0 Å². The minimum Gasteiger partial charge on any atom is -0.247 e. The van der Waals surface area contributed by atoms with Crippen LogP contribution in [0.4, 0.5) is 0 Å². The van der Waals surface area contributed by atoms with E-state index in [0.29, 0.717) is 5.92 Å². The summed E-state index contributed by atoms with van der Waals surface area (Å²) in [6, 6.07) is 8.54. The Balaban J connectivity index is 2.13. The molecule has 0 amide bonds. The van der Waals surface area contributed by atoms with Crippen molar-refractivity contribution < 1.29 is 0 Å². The molecule has 0 aliphatic heterocycles. The van der Waals surface area contributed by atoms with Crippen molar-refractivity contribution in [3.63, 3.8) is 0 Å². The molecule has 1 unspecified atom stereocenters. The number of hydrogen-bond donors (Lipinski definition) is 0. The molecular formula is C13H13Br2NS. The number of aryl methyl sites for hydroxylation is 1. The van der Waals surface area contributed by atoms with Crippen LogP contribution in [0.1, 0.15) is 22.2 Å². The Morgan fingerprint density at radius 1 is 1.29 bits per heavy atom. The van der Waals surface area contributed by atoms with Gasteiger partial charge in [-0.25, -0.2) is 4.98 Å². The zero-order valence-corrected chi connectivity index (χ0v) is 13.5. The van der Waals surface area contributed by atoms with Gasteiger partial charge in [-0.1, -0.05) is 44.0 Å². The van der Waals surface area contributed by atoms with Crippen molar-refractivity contribution in [2.75, 3.05) is 5.33 Å². The van der Waals surface area contributed by atoms with Gasteiger partial charge >= 0.3 is 0 Å². The molecule has 1 atom stereocenters. The molecule has 0 radical (unpaired) electrons. The first kappa shape index (κ1) is 13.2. The third kappa shape index (κ3) is 3.63. The van der Waals surface area contributed by atoms with Gasteiger partial charge in [0.15, 0.2) is 0 Å². The second-order valence-corrected chi connectivity index (χ2v) is 6.50. The molecule has 1 aromatic heterocycles. The largest absolute Gasteiger partial charge is 0.247 e. The Morgan fingerprint density at radius 2 is 2.00 bits per heavy atom. The van der Waals surface area contributed by atoms with Crippen LogP contribution in [0.5, 0.6) is 0 Å². The van der Waals surface area contributed by atoms with Crippen LogP contribution in [-0.4, -0.2) is 10.3 Å². The molecule has 2 aromatic rings. The van der Waals surface area contributed by atoms with E-state index in [2.05, 4.69) is 66.5 Å². The van der Waals surface area contributed by atoms with E-state index in [0.717, 1.165) is 21.9 Å². The van der Waals surface area contributed by atoms with E-state index in [1.165, 1.54) is 10.6 Å². The van der Waals surface area contributed by atoms with Gasteiger partial charge in [-0.15, -0.1) is 11.3 Å². The van der Waals surface area contributed by atoms with Crippen LogP contribution in [0.3, 0.4) is 0 Å². The van der Waals surface area contributed by atoms with E-state index < -0.39 is 0 Å². The Hall–Kier alpha value is -0.190. The zero-order chi connectivity index (χ0) is 12.3. The molecule has 17 heavy (non-hydrogen) atoms. The summed E-state index contributed by atoms with van der Waals surface area (Å²) in [5, 5.41) is 4.30. The van der Waals surface area contributed by atoms with Crippen molar-refractivity contribution in [3.05, 3.63) is 50.4 Å². The summed E-state index contributed by atoms with van der Waals surface area (Å²) < 4.78 is 1.12. The Kier molecular flexibility index (Phi) is 4.77. The molecule has 0 aliphatic rings. The molecular weight excluding hydrogens is 362 g/mol. The highest BCUT2D eigenvalue weighted by Gasteiger charge is 2.13. The minimum absolute atomic E-state index is 0.494. The molecule has 0 fully saturated rings. The van der Waals surface area contributed by atoms with Gasteiger partial charge in [-0.3, -0.25) is 0 Å². The molecule has 0 bridgehead atoms.